The first-order valence-electron chi connectivity index (χ1n) is 30.1. The number of alkyl carbamates (subject to hydrolysis) is 1. The van der Waals surface area contributed by atoms with Crippen LogP contribution in [0, 0.1) is 17.0 Å². The highest BCUT2D eigenvalue weighted by molar-refractivity contribution is 5.97. The van der Waals surface area contributed by atoms with Crippen molar-refractivity contribution in [3.05, 3.63) is 191 Å². The van der Waals surface area contributed by atoms with Crippen molar-refractivity contribution in [3.8, 4) is 11.1 Å². The van der Waals surface area contributed by atoms with Crippen molar-refractivity contribution < 1.29 is 76.0 Å². The van der Waals surface area contributed by atoms with Gasteiger partial charge in [0, 0.05) is 55.5 Å². The molecule has 0 aliphatic heterocycles. The molecule has 494 valence electrons. The number of nitrogens with zero attached hydrogens (tertiary/aromatic N) is 2. The number of esters is 2. The Balaban J connectivity index is 1.25. The maximum absolute atomic E-state index is 15.6. The van der Waals surface area contributed by atoms with Gasteiger partial charge in [0.15, 0.2) is 0 Å². The van der Waals surface area contributed by atoms with E-state index in [9.17, 15) is 57.4 Å². The molecule has 0 spiro atoms. The van der Waals surface area contributed by atoms with Gasteiger partial charge in [0.05, 0.1) is 12.5 Å². The molecule has 9 N–H and O–H groups in total. The molecule has 93 heavy (non-hydrogen) atoms. The van der Waals surface area contributed by atoms with E-state index < -0.39 is 152 Å². The molecule has 0 aliphatic carbocycles. The summed E-state index contributed by atoms with van der Waals surface area (Å²) in [4.78, 5) is 137. The van der Waals surface area contributed by atoms with Gasteiger partial charge in [-0.25, -0.2) is 18.4 Å². The van der Waals surface area contributed by atoms with E-state index in [1.807, 2.05) is 30.3 Å². The topological polar surface area (TPSA) is 325 Å². The van der Waals surface area contributed by atoms with Crippen LogP contribution in [-0.2, 0) is 83.7 Å². The largest absolute Gasteiger partial charge is 0.461 e. The molecule has 1 aromatic heterocycles. The molecule has 0 bridgehead atoms. The van der Waals surface area contributed by atoms with E-state index in [2.05, 4.69) is 31.9 Å². The summed E-state index contributed by atoms with van der Waals surface area (Å²) in [5.41, 5.74) is 8.04. The Morgan fingerprint density at radius 2 is 1.13 bits per heavy atom. The van der Waals surface area contributed by atoms with Gasteiger partial charge < -0.3 is 66.4 Å². The van der Waals surface area contributed by atoms with Crippen molar-refractivity contribution in [1.29, 1.82) is 0 Å². The maximum Gasteiger partial charge on any atom is 0.408 e. The smallest absolute Gasteiger partial charge is 0.408 e. The van der Waals surface area contributed by atoms with E-state index in [4.69, 9.17) is 19.9 Å². The molecular weight excluding hydrogens is 1200 g/mol. The standard InChI is InChI=1S/C68H79F2N9O14/c1-43(73-62(85)44(2)74-67(90)93-42-48-24-16-9-17-25-48)63(86)77-55(36-57(71)81)65(88)76-53(64(87)72-32-30-58(82)75-54(66(89)92-41-47-22-14-8-15-23-47)28-29-60(84)91-40-46-20-12-7-13-21-46)31-33-79(59(83)39-80)61(68(3,4)5)56-34-49(51-35-50(69)26-27-52(51)70)38-78(56)37-45-18-10-6-11-19-45/h6-27,34-35,38,43-44,53-55,61,80H,28-33,36-37,39-42H2,1-5H3,(H2,71,81)(H,72,87)(H,73,85)(H,74,90)(H,75,82)(H,76,88)(H,77,86)/t43-,44+,53+,54-,55+,61+/m1/s1. The number of rotatable bonds is 33. The fourth-order valence-corrected chi connectivity index (χ4v) is 9.87. The average Bonchev–Trinajstić information content (AvgIpc) is 1.69. The number of nitrogens with two attached hydrogens (primary N) is 1. The van der Waals surface area contributed by atoms with Crippen LogP contribution in [0.4, 0.5) is 13.6 Å². The summed E-state index contributed by atoms with van der Waals surface area (Å²) in [6, 6.07) is 31.5. The number of halogens is 2. The Kier molecular flexibility index (Phi) is 27.3. The second kappa shape index (κ2) is 35.3. The summed E-state index contributed by atoms with van der Waals surface area (Å²) in [7, 11) is 0. The van der Waals surface area contributed by atoms with Crippen molar-refractivity contribution in [1.82, 2.24) is 41.4 Å². The number of primary amides is 1. The van der Waals surface area contributed by atoms with Crippen molar-refractivity contribution in [2.24, 2.45) is 11.1 Å². The van der Waals surface area contributed by atoms with Gasteiger partial charge >= 0.3 is 18.0 Å². The Bertz CT molecular complexity index is 3520. The molecule has 0 saturated carbocycles. The van der Waals surface area contributed by atoms with Gasteiger partial charge in [0.25, 0.3) is 0 Å². The fourth-order valence-electron chi connectivity index (χ4n) is 9.87. The third kappa shape index (κ3) is 23.2. The molecule has 6 aromatic rings. The first-order valence-corrected chi connectivity index (χ1v) is 30.1. The molecule has 1 heterocycles. The van der Waals surface area contributed by atoms with E-state index in [1.165, 1.54) is 18.7 Å². The number of carbonyl (C=O) groups excluding carboxylic acids is 10. The number of ether oxygens (including phenoxy) is 3. The number of aromatic nitrogens is 1. The monoisotopic (exact) mass is 1280 g/mol. The van der Waals surface area contributed by atoms with Crippen LogP contribution >= 0.6 is 0 Å². The number of hydrogen-bond acceptors (Lipinski definition) is 14. The van der Waals surface area contributed by atoms with Crippen LogP contribution in [-0.4, -0.2) is 124 Å². The number of hydrogen-bond donors (Lipinski definition) is 8. The second-order valence-corrected chi connectivity index (χ2v) is 23.1. The Morgan fingerprint density at radius 3 is 1.70 bits per heavy atom. The fraction of sp³-hybridized carbons (Fsp3) is 0.353. The van der Waals surface area contributed by atoms with Crippen molar-refractivity contribution >= 4 is 59.4 Å². The van der Waals surface area contributed by atoms with E-state index in [0.29, 0.717) is 16.8 Å². The van der Waals surface area contributed by atoms with E-state index in [0.717, 1.165) is 29.3 Å². The predicted octanol–water partition coefficient (Wildman–Crippen LogP) is 5.70. The first-order chi connectivity index (χ1) is 44.4. The highest BCUT2D eigenvalue weighted by Gasteiger charge is 2.39. The van der Waals surface area contributed by atoms with Crippen molar-refractivity contribution in [2.45, 2.75) is 129 Å². The molecule has 0 aliphatic rings. The van der Waals surface area contributed by atoms with Crippen LogP contribution < -0.4 is 37.6 Å². The quantitative estimate of drug-likeness (QED) is 0.0181. The summed E-state index contributed by atoms with van der Waals surface area (Å²) in [6.45, 7) is 5.89. The van der Waals surface area contributed by atoms with Crippen LogP contribution in [0.25, 0.3) is 11.1 Å². The minimum absolute atomic E-state index is 0.0392. The first kappa shape index (κ1) is 71.8. The number of carbonyl (C=O) groups is 10. The zero-order chi connectivity index (χ0) is 67.6. The number of aliphatic hydroxyl groups is 1. The van der Waals surface area contributed by atoms with Crippen molar-refractivity contribution in [2.75, 3.05) is 19.7 Å². The molecule has 5 aromatic carbocycles. The van der Waals surface area contributed by atoms with Gasteiger partial charge in [0.2, 0.25) is 41.4 Å². The molecule has 25 heteroatoms. The lowest BCUT2D eigenvalue weighted by Crippen LogP contribution is -2.58. The van der Waals surface area contributed by atoms with Crippen molar-refractivity contribution in [3.63, 3.8) is 0 Å². The van der Waals surface area contributed by atoms with Crippen LogP contribution in [0.2, 0.25) is 0 Å². The minimum Gasteiger partial charge on any atom is -0.461 e. The van der Waals surface area contributed by atoms with Gasteiger partial charge in [0.1, 0.15) is 68.3 Å². The molecule has 0 fully saturated rings. The van der Waals surface area contributed by atoms with Gasteiger partial charge in [-0.15, -0.1) is 0 Å². The summed E-state index contributed by atoms with van der Waals surface area (Å²) >= 11 is 0. The van der Waals surface area contributed by atoms with Gasteiger partial charge in [-0.1, -0.05) is 142 Å². The lowest BCUT2D eigenvalue weighted by atomic mass is 9.82. The number of aliphatic hydroxyl groups excluding tert-OH is 1. The van der Waals surface area contributed by atoms with Crippen LogP contribution in [0.5, 0.6) is 0 Å². The molecule has 0 unspecified atom stereocenters. The van der Waals surface area contributed by atoms with Gasteiger partial charge in [-0.05, 0) is 78.6 Å². The zero-order valence-corrected chi connectivity index (χ0v) is 52.4. The molecule has 0 radical (unpaired) electrons. The highest BCUT2D eigenvalue weighted by Crippen LogP contribution is 2.41. The lowest BCUT2D eigenvalue weighted by molar-refractivity contribution is -0.150. The Morgan fingerprint density at radius 1 is 0.591 bits per heavy atom. The number of benzene rings is 5. The molecule has 6 rings (SSSR count). The normalized spacial score (nSPS) is 13.0. The van der Waals surface area contributed by atoms with Crippen LogP contribution in [0.3, 0.4) is 0 Å². The van der Waals surface area contributed by atoms with Crippen LogP contribution in [0.15, 0.2) is 152 Å². The second-order valence-electron chi connectivity index (χ2n) is 23.1. The molecule has 0 saturated heterocycles. The summed E-state index contributed by atoms with van der Waals surface area (Å²) in [5.74, 6) is -9.66. The van der Waals surface area contributed by atoms with E-state index in [1.54, 1.807) is 129 Å². The number of nitrogens with one attached hydrogen (secondary N) is 6. The van der Waals surface area contributed by atoms with E-state index in [-0.39, 0.29) is 50.3 Å². The van der Waals surface area contributed by atoms with Gasteiger partial charge in [-0.3, -0.25) is 38.4 Å². The molecular formula is C68H79F2N9O14. The average molecular weight is 1280 g/mol. The van der Waals surface area contributed by atoms with E-state index >= 15 is 4.39 Å². The third-order valence-corrected chi connectivity index (χ3v) is 14.6. The summed E-state index contributed by atoms with van der Waals surface area (Å²) in [5, 5.41) is 25.5. The predicted molar refractivity (Wildman–Crippen MR) is 337 cm³/mol. The summed E-state index contributed by atoms with van der Waals surface area (Å²) < 4.78 is 48.2. The lowest BCUT2D eigenvalue weighted by Gasteiger charge is -2.41. The number of amides is 8. The SMILES string of the molecule is C[C@H](NC(=O)OCc1ccccc1)C(=O)N[C@H](C)C(=O)N[C@@H](CC(N)=O)C(=O)N[C@@H](CCN(C(=O)CO)[C@@H](c1cc(-c2cc(F)ccc2F)cn1Cc1ccccc1)C(C)(C)C)C(=O)NCCC(=O)N[C@H](CCC(=O)OCc1ccccc1)C(=O)OCc1ccccc1. The molecule has 23 nitrogen and oxygen atoms in total. The highest BCUT2D eigenvalue weighted by atomic mass is 19.1. The molecule has 6 atom stereocenters. The summed E-state index contributed by atoms with van der Waals surface area (Å²) in [6.07, 6.45) is -1.67. The third-order valence-electron chi connectivity index (χ3n) is 14.6. The minimum atomic E-state index is -1.81. The Labute approximate surface area is 537 Å². The Hall–Kier alpha value is -10.3. The van der Waals surface area contributed by atoms with Crippen LogP contribution in [0.1, 0.15) is 101 Å². The molecule has 8 amide bonds. The zero-order valence-electron chi connectivity index (χ0n) is 52.4. The maximum atomic E-state index is 15.6. The van der Waals surface area contributed by atoms with Gasteiger partial charge in [-0.2, -0.15) is 0 Å².